The zero-order valence-corrected chi connectivity index (χ0v) is 17.1. The minimum Gasteiger partial charge on any atom is -0.325 e. The van der Waals surface area contributed by atoms with Gasteiger partial charge in [-0.05, 0) is 55.0 Å². The standard InChI is InChI=1S/C21H17F2N5O2S/c1-2-17(19(29)24-15-7-3-13(22)4-8-15)31-21-26-25-18-20(30)27(11-12-28(18)21)16-9-5-14(23)6-10-16/h3-12,17H,2H2,1H3,(H,24,29)/t17-/m0/s1. The van der Waals surface area contributed by atoms with Crippen LogP contribution < -0.4 is 10.9 Å². The molecule has 4 rings (SSSR count). The second-order valence-corrected chi connectivity index (χ2v) is 7.81. The summed E-state index contributed by atoms with van der Waals surface area (Å²) < 4.78 is 29.1. The Hall–Kier alpha value is -3.53. The van der Waals surface area contributed by atoms with E-state index in [2.05, 4.69) is 15.5 Å². The van der Waals surface area contributed by atoms with Gasteiger partial charge in [0.15, 0.2) is 5.16 Å². The fourth-order valence-electron chi connectivity index (χ4n) is 2.96. The van der Waals surface area contributed by atoms with E-state index in [1.807, 2.05) is 6.92 Å². The Bertz CT molecular complexity index is 1290. The highest BCUT2D eigenvalue weighted by Gasteiger charge is 2.22. The van der Waals surface area contributed by atoms with E-state index in [0.717, 1.165) is 0 Å². The van der Waals surface area contributed by atoms with Crippen LogP contribution in [0.15, 0.2) is 70.9 Å². The van der Waals surface area contributed by atoms with Gasteiger partial charge in [-0.15, -0.1) is 10.2 Å². The lowest BCUT2D eigenvalue weighted by Gasteiger charge is -2.14. The van der Waals surface area contributed by atoms with Crippen LogP contribution in [-0.4, -0.2) is 30.3 Å². The highest BCUT2D eigenvalue weighted by atomic mass is 32.2. The van der Waals surface area contributed by atoms with Crippen LogP contribution >= 0.6 is 11.8 Å². The summed E-state index contributed by atoms with van der Waals surface area (Å²) in [6.07, 6.45) is 3.65. The highest BCUT2D eigenvalue weighted by Crippen LogP contribution is 2.25. The Balaban J connectivity index is 1.58. The van der Waals surface area contributed by atoms with Crippen molar-refractivity contribution in [3.05, 3.63) is 82.9 Å². The number of nitrogens with one attached hydrogen (secondary N) is 1. The molecule has 31 heavy (non-hydrogen) atoms. The van der Waals surface area contributed by atoms with Gasteiger partial charge in [-0.25, -0.2) is 8.78 Å². The summed E-state index contributed by atoms with van der Waals surface area (Å²) in [5, 5.41) is 10.7. The summed E-state index contributed by atoms with van der Waals surface area (Å²) in [7, 11) is 0. The Kier molecular flexibility index (Phi) is 5.81. The van der Waals surface area contributed by atoms with E-state index in [4.69, 9.17) is 0 Å². The molecule has 0 bridgehead atoms. The van der Waals surface area contributed by atoms with E-state index in [-0.39, 0.29) is 17.4 Å². The molecule has 0 aliphatic carbocycles. The second-order valence-electron chi connectivity index (χ2n) is 6.64. The van der Waals surface area contributed by atoms with Crippen molar-refractivity contribution >= 4 is 29.0 Å². The number of amides is 1. The SMILES string of the molecule is CC[C@H](Sc1nnc2c(=O)n(-c3ccc(F)cc3)ccn12)C(=O)Nc1ccc(F)cc1. The van der Waals surface area contributed by atoms with Gasteiger partial charge in [-0.2, -0.15) is 0 Å². The quantitative estimate of drug-likeness (QED) is 0.462. The minimum absolute atomic E-state index is 0.0862. The van der Waals surface area contributed by atoms with Crippen LogP contribution in [0.25, 0.3) is 11.3 Å². The molecule has 2 aromatic carbocycles. The average molecular weight is 441 g/mol. The molecule has 0 saturated carbocycles. The molecule has 1 N–H and O–H groups in total. The largest absolute Gasteiger partial charge is 0.325 e. The summed E-state index contributed by atoms with van der Waals surface area (Å²) in [5.41, 5.74) is 0.648. The Morgan fingerprint density at radius 1 is 1.03 bits per heavy atom. The number of carbonyl (C=O) groups is 1. The molecule has 10 heteroatoms. The van der Waals surface area contributed by atoms with Gasteiger partial charge in [-0.1, -0.05) is 18.7 Å². The lowest BCUT2D eigenvalue weighted by molar-refractivity contribution is -0.115. The van der Waals surface area contributed by atoms with E-state index in [0.29, 0.717) is 23.0 Å². The second kappa shape index (κ2) is 8.68. The van der Waals surface area contributed by atoms with Crippen molar-refractivity contribution in [1.29, 1.82) is 0 Å². The van der Waals surface area contributed by atoms with Crippen LogP contribution in [0, 0.1) is 11.6 Å². The number of aromatic nitrogens is 4. The number of thioether (sulfide) groups is 1. The average Bonchev–Trinajstić information content (AvgIpc) is 3.18. The summed E-state index contributed by atoms with van der Waals surface area (Å²) in [5.74, 6) is -1.06. The maximum absolute atomic E-state index is 13.2. The molecule has 0 saturated heterocycles. The fraction of sp³-hybridized carbons (Fsp3) is 0.143. The summed E-state index contributed by atoms with van der Waals surface area (Å²) >= 11 is 1.17. The van der Waals surface area contributed by atoms with Crippen molar-refractivity contribution < 1.29 is 13.6 Å². The highest BCUT2D eigenvalue weighted by molar-refractivity contribution is 8.00. The lowest BCUT2D eigenvalue weighted by Crippen LogP contribution is -2.25. The topological polar surface area (TPSA) is 81.3 Å². The van der Waals surface area contributed by atoms with Crippen LogP contribution in [0.1, 0.15) is 13.3 Å². The first-order chi connectivity index (χ1) is 15.0. The molecule has 7 nitrogen and oxygen atoms in total. The predicted octanol–water partition coefficient (Wildman–Crippen LogP) is 3.67. The minimum atomic E-state index is -0.503. The molecule has 0 unspecified atom stereocenters. The zero-order chi connectivity index (χ0) is 22.0. The molecule has 0 aliphatic heterocycles. The number of hydrogen-bond acceptors (Lipinski definition) is 5. The molecule has 4 aromatic rings. The lowest BCUT2D eigenvalue weighted by atomic mass is 10.2. The van der Waals surface area contributed by atoms with Crippen molar-refractivity contribution in [2.75, 3.05) is 5.32 Å². The van der Waals surface area contributed by atoms with E-state index in [9.17, 15) is 18.4 Å². The maximum Gasteiger partial charge on any atom is 0.300 e. The Morgan fingerprint density at radius 2 is 1.68 bits per heavy atom. The molecule has 0 radical (unpaired) electrons. The molecule has 0 aliphatic rings. The molecule has 2 heterocycles. The van der Waals surface area contributed by atoms with Crippen molar-refractivity contribution in [2.24, 2.45) is 0 Å². The first-order valence-corrected chi connectivity index (χ1v) is 10.3. The number of nitrogens with zero attached hydrogens (tertiary/aromatic N) is 4. The fourth-order valence-corrected chi connectivity index (χ4v) is 3.89. The number of halogens is 2. The smallest absolute Gasteiger partial charge is 0.300 e. The van der Waals surface area contributed by atoms with Gasteiger partial charge in [0.05, 0.1) is 5.25 Å². The van der Waals surface area contributed by atoms with Crippen LogP contribution in [-0.2, 0) is 4.79 Å². The van der Waals surface area contributed by atoms with Gasteiger partial charge < -0.3 is 5.32 Å². The molecule has 0 spiro atoms. The number of hydrogen-bond donors (Lipinski definition) is 1. The molecule has 1 amide bonds. The zero-order valence-electron chi connectivity index (χ0n) is 16.3. The van der Waals surface area contributed by atoms with Crippen molar-refractivity contribution in [1.82, 2.24) is 19.2 Å². The predicted molar refractivity (Wildman–Crippen MR) is 114 cm³/mol. The molecule has 2 aromatic heterocycles. The van der Waals surface area contributed by atoms with E-state index in [1.165, 1.54) is 75.5 Å². The molecular formula is C21H17F2N5O2S. The third kappa shape index (κ3) is 4.33. The van der Waals surface area contributed by atoms with Gasteiger partial charge in [0.1, 0.15) is 11.6 Å². The molecule has 158 valence electrons. The molecule has 1 atom stereocenters. The first kappa shape index (κ1) is 20.7. The number of fused-ring (bicyclic) bond motifs is 1. The van der Waals surface area contributed by atoms with Crippen molar-refractivity contribution in [2.45, 2.75) is 23.8 Å². The van der Waals surface area contributed by atoms with Crippen LogP contribution in [0.4, 0.5) is 14.5 Å². The van der Waals surface area contributed by atoms with Crippen molar-refractivity contribution in [3.63, 3.8) is 0 Å². The summed E-state index contributed by atoms with van der Waals surface area (Å²) in [6.45, 7) is 1.85. The Morgan fingerprint density at radius 3 is 2.32 bits per heavy atom. The number of carbonyl (C=O) groups excluding carboxylic acids is 1. The van der Waals surface area contributed by atoms with E-state index < -0.39 is 16.6 Å². The monoisotopic (exact) mass is 441 g/mol. The van der Waals surface area contributed by atoms with Gasteiger partial charge >= 0.3 is 5.56 Å². The van der Waals surface area contributed by atoms with E-state index in [1.54, 1.807) is 6.20 Å². The van der Waals surface area contributed by atoms with Crippen molar-refractivity contribution in [3.8, 4) is 5.69 Å². The normalized spacial score (nSPS) is 12.1. The summed E-state index contributed by atoms with van der Waals surface area (Å²) in [4.78, 5) is 25.5. The molecular weight excluding hydrogens is 424 g/mol. The summed E-state index contributed by atoms with van der Waals surface area (Å²) in [6, 6.07) is 11.0. The number of benzene rings is 2. The number of rotatable bonds is 6. The first-order valence-electron chi connectivity index (χ1n) is 9.41. The van der Waals surface area contributed by atoms with Crippen LogP contribution in [0.3, 0.4) is 0 Å². The maximum atomic E-state index is 13.2. The van der Waals surface area contributed by atoms with Crippen LogP contribution in [0.2, 0.25) is 0 Å². The molecule has 0 fully saturated rings. The van der Waals surface area contributed by atoms with E-state index >= 15 is 0 Å². The van der Waals surface area contributed by atoms with Gasteiger partial charge in [-0.3, -0.25) is 18.6 Å². The van der Waals surface area contributed by atoms with Crippen LogP contribution in [0.5, 0.6) is 0 Å². The van der Waals surface area contributed by atoms with Gasteiger partial charge in [0.25, 0.3) is 0 Å². The third-order valence-corrected chi connectivity index (χ3v) is 5.89. The van der Waals surface area contributed by atoms with Gasteiger partial charge in [0.2, 0.25) is 11.6 Å². The third-order valence-electron chi connectivity index (χ3n) is 4.57. The van der Waals surface area contributed by atoms with Gasteiger partial charge in [0, 0.05) is 23.8 Å². The number of anilines is 1. The Labute approximate surface area is 179 Å².